The Kier molecular flexibility index (Phi) is 7.20. The highest BCUT2D eigenvalue weighted by atomic mass is 32.2. The number of para-hydroxylation sites is 1. The molecular weight excluding hydrogens is 384 g/mol. The number of hydrogen-bond acceptors (Lipinski definition) is 5. The van der Waals surface area contributed by atoms with E-state index in [4.69, 9.17) is 4.74 Å². The van der Waals surface area contributed by atoms with Gasteiger partial charge in [-0.2, -0.15) is 0 Å². The molecule has 0 radical (unpaired) electrons. The summed E-state index contributed by atoms with van der Waals surface area (Å²) in [7, 11) is 0. The molecule has 0 spiro atoms. The molecule has 0 bridgehead atoms. The molecule has 1 aliphatic heterocycles. The van der Waals surface area contributed by atoms with E-state index in [0.29, 0.717) is 13.1 Å². The lowest BCUT2D eigenvalue weighted by Crippen LogP contribution is -2.51. The highest BCUT2D eigenvalue weighted by molar-refractivity contribution is 8.00. The van der Waals surface area contributed by atoms with Gasteiger partial charge in [-0.25, -0.2) is 0 Å². The van der Waals surface area contributed by atoms with Crippen LogP contribution in [0.4, 0.5) is 5.69 Å². The monoisotopic (exact) mass is 412 g/mol. The summed E-state index contributed by atoms with van der Waals surface area (Å²) in [6.45, 7) is 8.30. The van der Waals surface area contributed by atoms with Crippen molar-refractivity contribution in [2.24, 2.45) is 0 Å². The van der Waals surface area contributed by atoms with Crippen LogP contribution in [0.5, 0.6) is 0 Å². The lowest BCUT2D eigenvalue weighted by molar-refractivity contribution is -0.158. The van der Waals surface area contributed by atoms with E-state index in [-0.39, 0.29) is 17.1 Å². The van der Waals surface area contributed by atoms with E-state index >= 15 is 0 Å². The summed E-state index contributed by atoms with van der Waals surface area (Å²) in [6, 6.07) is 18.2. The van der Waals surface area contributed by atoms with Crippen molar-refractivity contribution < 1.29 is 14.3 Å². The summed E-state index contributed by atoms with van der Waals surface area (Å²) in [6.07, 6.45) is -0.771. The number of anilines is 1. The van der Waals surface area contributed by atoms with E-state index in [0.717, 1.165) is 18.0 Å². The Morgan fingerprint density at radius 1 is 0.931 bits per heavy atom. The number of benzene rings is 2. The van der Waals surface area contributed by atoms with E-state index in [9.17, 15) is 9.59 Å². The molecule has 2 atom stereocenters. The number of amides is 1. The van der Waals surface area contributed by atoms with E-state index in [2.05, 4.69) is 17.0 Å². The SMILES string of the molecule is Cc1ccc(S[C@H](C)C(=O)O[C@@H](C)C(=O)N2CCN(c3ccccc3)CC2)cc1. The largest absolute Gasteiger partial charge is 0.452 e. The first kappa shape index (κ1) is 21.2. The Morgan fingerprint density at radius 2 is 1.55 bits per heavy atom. The highest BCUT2D eigenvalue weighted by Gasteiger charge is 2.28. The van der Waals surface area contributed by atoms with Crippen molar-refractivity contribution in [3.8, 4) is 0 Å². The zero-order chi connectivity index (χ0) is 20.8. The number of esters is 1. The van der Waals surface area contributed by atoms with Crippen LogP contribution in [0.1, 0.15) is 19.4 Å². The first-order chi connectivity index (χ1) is 13.9. The fraction of sp³-hybridized carbons (Fsp3) is 0.391. The first-order valence-corrected chi connectivity index (χ1v) is 10.8. The topological polar surface area (TPSA) is 49.9 Å². The molecule has 29 heavy (non-hydrogen) atoms. The van der Waals surface area contributed by atoms with E-state index < -0.39 is 6.10 Å². The van der Waals surface area contributed by atoms with Crippen LogP contribution in [-0.4, -0.2) is 54.3 Å². The predicted octanol–water partition coefficient (Wildman–Crippen LogP) is 3.76. The van der Waals surface area contributed by atoms with Crippen molar-refractivity contribution in [2.75, 3.05) is 31.1 Å². The average Bonchev–Trinajstić information content (AvgIpc) is 2.75. The van der Waals surface area contributed by atoms with Crippen LogP contribution in [0.25, 0.3) is 0 Å². The third-order valence-corrected chi connectivity index (χ3v) is 6.11. The Bertz CT molecular complexity index is 818. The van der Waals surface area contributed by atoms with E-state index in [1.807, 2.05) is 56.3 Å². The molecule has 0 aromatic heterocycles. The predicted molar refractivity (Wildman–Crippen MR) is 117 cm³/mol. The number of carbonyl (C=O) groups excluding carboxylic acids is 2. The zero-order valence-electron chi connectivity index (χ0n) is 17.2. The summed E-state index contributed by atoms with van der Waals surface area (Å²) in [5.41, 5.74) is 2.34. The molecule has 6 heteroatoms. The summed E-state index contributed by atoms with van der Waals surface area (Å²) in [4.78, 5) is 30.2. The van der Waals surface area contributed by atoms with Crippen molar-refractivity contribution in [1.82, 2.24) is 4.90 Å². The van der Waals surface area contributed by atoms with Gasteiger partial charge in [-0.3, -0.25) is 9.59 Å². The van der Waals surface area contributed by atoms with Gasteiger partial charge in [0.1, 0.15) is 5.25 Å². The number of ether oxygens (including phenoxy) is 1. The van der Waals surface area contributed by atoms with Crippen molar-refractivity contribution in [1.29, 1.82) is 0 Å². The summed E-state index contributed by atoms with van der Waals surface area (Å²) in [5, 5.41) is -0.372. The van der Waals surface area contributed by atoms with Crippen LogP contribution >= 0.6 is 11.8 Å². The number of hydrogen-bond donors (Lipinski definition) is 0. The summed E-state index contributed by atoms with van der Waals surface area (Å²) >= 11 is 1.44. The molecule has 2 aromatic rings. The van der Waals surface area contributed by atoms with Gasteiger partial charge in [-0.1, -0.05) is 35.9 Å². The van der Waals surface area contributed by atoms with E-state index in [1.54, 1.807) is 11.8 Å². The fourth-order valence-electron chi connectivity index (χ4n) is 3.27. The molecule has 0 aliphatic carbocycles. The lowest BCUT2D eigenvalue weighted by atomic mass is 10.2. The fourth-order valence-corrected chi connectivity index (χ4v) is 4.12. The Hall–Kier alpha value is -2.47. The van der Waals surface area contributed by atoms with Crippen molar-refractivity contribution >= 4 is 29.3 Å². The Morgan fingerprint density at radius 3 is 2.17 bits per heavy atom. The second-order valence-corrected chi connectivity index (χ2v) is 8.71. The molecule has 1 heterocycles. The van der Waals surface area contributed by atoms with Gasteiger partial charge in [0.2, 0.25) is 0 Å². The minimum Gasteiger partial charge on any atom is -0.452 e. The summed E-state index contributed by atoms with van der Waals surface area (Å²) in [5.74, 6) is -0.488. The average molecular weight is 413 g/mol. The Labute approximate surface area is 177 Å². The minimum atomic E-state index is -0.771. The standard InChI is InChI=1S/C23H28N2O3S/c1-17-9-11-21(12-10-17)29-19(3)23(27)28-18(2)22(26)25-15-13-24(14-16-25)20-7-5-4-6-8-20/h4-12,18-19H,13-16H2,1-3H3/t18-,19+/m0/s1. The smallest absolute Gasteiger partial charge is 0.319 e. The molecule has 1 aliphatic rings. The third-order valence-electron chi connectivity index (χ3n) is 5.02. The number of thioether (sulfide) groups is 1. The quantitative estimate of drug-likeness (QED) is 0.534. The van der Waals surface area contributed by atoms with Crippen molar-refractivity contribution in [3.63, 3.8) is 0 Å². The van der Waals surface area contributed by atoms with Crippen LogP contribution in [0.2, 0.25) is 0 Å². The second kappa shape index (κ2) is 9.83. The molecular formula is C23H28N2O3S. The van der Waals surface area contributed by atoms with Gasteiger partial charge >= 0.3 is 5.97 Å². The molecule has 0 saturated carbocycles. The maximum absolute atomic E-state index is 12.7. The first-order valence-electron chi connectivity index (χ1n) is 9.96. The maximum atomic E-state index is 12.7. The summed E-state index contributed by atoms with van der Waals surface area (Å²) < 4.78 is 5.47. The van der Waals surface area contributed by atoms with Gasteiger partial charge in [0.25, 0.3) is 5.91 Å². The van der Waals surface area contributed by atoms with Gasteiger partial charge in [-0.15, -0.1) is 11.8 Å². The van der Waals surface area contributed by atoms with Gasteiger partial charge in [0.05, 0.1) is 0 Å². The number of aryl methyl sites for hydroxylation is 1. The van der Waals surface area contributed by atoms with Crippen LogP contribution in [-0.2, 0) is 14.3 Å². The van der Waals surface area contributed by atoms with Crippen molar-refractivity contribution in [3.05, 3.63) is 60.2 Å². The molecule has 1 saturated heterocycles. The molecule has 1 fully saturated rings. The van der Waals surface area contributed by atoms with Gasteiger partial charge in [0, 0.05) is 36.8 Å². The second-order valence-electron chi connectivity index (χ2n) is 7.30. The zero-order valence-corrected chi connectivity index (χ0v) is 18.0. The van der Waals surface area contributed by atoms with Crippen LogP contribution in [0.3, 0.4) is 0 Å². The lowest BCUT2D eigenvalue weighted by Gasteiger charge is -2.37. The normalized spacial score (nSPS) is 16.2. The molecule has 2 aromatic carbocycles. The van der Waals surface area contributed by atoms with Gasteiger partial charge in [0.15, 0.2) is 6.10 Å². The highest BCUT2D eigenvalue weighted by Crippen LogP contribution is 2.25. The van der Waals surface area contributed by atoms with Gasteiger partial charge in [-0.05, 0) is 45.0 Å². The van der Waals surface area contributed by atoms with Crippen LogP contribution < -0.4 is 4.90 Å². The molecule has 1 amide bonds. The number of piperazine rings is 1. The third kappa shape index (κ3) is 5.76. The molecule has 154 valence electrons. The molecule has 0 N–H and O–H groups in total. The molecule has 3 rings (SSSR count). The minimum absolute atomic E-state index is 0.126. The number of rotatable bonds is 6. The van der Waals surface area contributed by atoms with Crippen LogP contribution in [0, 0.1) is 6.92 Å². The van der Waals surface area contributed by atoms with Crippen molar-refractivity contribution in [2.45, 2.75) is 37.0 Å². The van der Waals surface area contributed by atoms with Gasteiger partial charge < -0.3 is 14.5 Å². The molecule has 5 nitrogen and oxygen atoms in total. The van der Waals surface area contributed by atoms with Crippen LogP contribution in [0.15, 0.2) is 59.5 Å². The molecule has 0 unspecified atom stereocenters. The number of nitrogens with zero attached hydrogens (tertiary/aromatic N) is 2. The van der Waals surface area contributed by atoms with E-state index in [1.165, 1.54) is 23.0 Å². The maximum Gasteiger partial charge on any atom is 0.319 e. The Balaban J connectivity index is 1.47. The number of carbonyl (C=O) groups is 2.